The normalized spacial score (nSPS) is 17.9. The number of thioether (sulfide) groups is 1. The minimum Gasteiger partial charge on any atom is -0.354 e. The van der Waals surface area contributed by atoms with Crippen LogP contribution in [0.15, 0.2) is 87.7 Å². The van der Waals surface area contributed by atoms with Gasteiger partial charge in [0.05, 0.1) is 16.6 Å². The molecule has 4 heteroatoms. The highest BCUT2D eigenvalue weighted by Gasteiger charge is 2.38. The van der Waals surface area contributed by atoms with E-state index in [1.54, 1.807) is 11.8 Å². The highest BCUT2D eigenvalue weighted by molar-refractivity contribution is 9.10. The molecule has 0 saturated heterocycles. The Hall–Kier alpha value is -2.30. The molecule has 2 nitrogen and oxygen atoms in total. The van der Waals surface area contributed by atoms with Crippen molar-refractivity contribution in [2.24, 2.45) is 0 Å². The molecule has 5 rings (SSSR count). The molecule has 1 N–H and O–H groups in total. The van der Waals surface area contributed by atoms with Crippen molar-refractivity contribution in [3.8, 4) is 0 Å². The number of nitrogens with one attached hydrogen (secondary N) is 1. The molecule has 0 spiro atoms. The first kappa shape index (κ1) is 15.9. The largest absolute Gasteiger partial charge is 0.354 e. The highest BCUT2D eigenvalue weighted by atomic mass is 79.9. The zero-order valence-electron chi connectivity index (χ0n) is 13.7. The summed E-state index contributed by atoms with van der Waals surface area (Å²) >= 11 is 5.41. The molecule has 1 aliphatic heterocycles. The Morgan fingerprint density at radius 3 is 2.38 bits per heavy atom. The van der Waals surface area contributed by atoms with Gasteiger partial charge in [0.1, 0.15) is 0 Å². The van der Waals surface area contributed by atoms with Crippen molar-refractivity contribution >= 4 is 44.9 Å². The van der Waals surface area contributed by atoms with Crippen molar-refractivity contribution in [3.05, 3.63) is 99.5 Å². The fourth-order valence-electron chi connectivity index (χ4n) is 3.59. The smallest absolute Gasteiger partial charge is 0.193 e. The van der Waals surface area contributed by atoms with Gasteiger partial charge in [0.25, 0.3) is 0 Å². The summed E-state index contributed by atoms with van der Waals surface area (Å²) in [5.74, 6) is 0.115. The van der Waals surface area contributed by atoms with E-state index in [9.17, 15) is 4.79 Å². The zero-order chi connectivity index (χ0) is 17.7. The molecule has 0 aromatic heterocycles. The van der Waals surface area contributed by atoms with Gasteiger partial charge in [-0.25, -0.2) is 0 Å². The van der Waals surface area contributed by atoms with Crippen LogP contribution in [0.1, 0.15) is 26.7 Å². The Bertz CT molecular complexity index is 1090. The van der Waals surface area contributed by atoms with Crippen LogP contribution >= 0.6 is 27.7 Å². The highest BCUT2D eigenvalue weighted by Crippen LogP contribution is 2.53. The zero-order valence-corrected chi connectivity index (χ0v) is 16.1. The third kappa shape index (κ3) is 2.37. The lowest BCUT2D eigenvalue weighted by Crippen LogP contribution is -2.08. The van der Waals surface area contributed by atoms with E-state index >= 15 is 0 Å². The number of halogens is 1. The first-order valence-electron chi connectivity index (χ1n) is 8.39. The van der Waals surface area contributed by atoms with Crippen LogP contribution in [0.4, 0.5) is 5.69 Å². The standard InChI is InChI=1S/C22H14BrNOS/c23-16-10-4-3-9-15(16)22-19-20(13-7-1-2-8-14(13)21(19)25)24-17-11-5-6-12-18(17)26-22/h1-12,22,24H/t22-/m1/s1. The number of hydrogen-bond acceptors (Lipinski definition) is 3. The number of hydrogen-bond donors (Lipinski definition) is 1. The molecule has 3 aromatic rings. The summed E-state index contributed by atoms with van der Waals surface area (Å²) in [5, 5.41) is 3.48. The number of carbonyl (C=O) groups excluding carboxylic acids is 1. The minimum atomic E-state index is -0.0726. The maximum Gasteiger partial charge on any atom is 0.193 e. The summed E-state index contributed by atoms with van der Waals surface area (Å²) < 4.78 is 1.02. The molecule has 3 aromatic carbocycles. The number of ketones is 1. The number of para-hydroxylation sites is 1. The number of carbonyl (C=O) groups is 1. The van der Waals surface area contributed by atoms with Crippen LogP contribution in [-0.2, 0) is 0 Å². The molecule has 26 heavy (non-hydrogen) atoms. The van der Waals surface area contributed by atoms with E-state index in [-0.39, 0.29) is 11.0 Å². The summed E-state index contributed by atoms with van der Waals surface area (Å²) in [4.78, 5) is 14.4. The van der Waals surface area contributed by atoms with Crippen LogP contribution in [0.5, 0.6) is 0 Å². The van der Waals surface area contributed by atoms with Gasteiger partial charge in [0.2, 0.25) is 0 Å². The van der Waals surface area contributed by atoms with Gasteiger partial charge >= 0.3 is 0 Å². The Morgan fingerprint density at radius 2 is 1.54 bits per heavy atom. The van der Waals surface area contributed by atoms with Crippen molar-refractivity contribution < 1.29 is 4.79 Å². The van der Waals surface area contributed by atoms with Crippen LogP contribution in [-0.4, -0.2) is 5.78 Å². The number of anilines is 1. The maximum absolute atomic E-state index is 13.3. The number of Topliss-reactive ketones (excluding diaryl/α,β-unsaturated/α-hetero) is 1. The van der Waals surface area contributed by atoms with Gasteiger partial charge in [0, 0.05) is 26.1 Å². The van der Waals surface area contributed by atoms with E-state index in [0.29, 0.717) is 0 Å². The van der Waals surface area contributed by atoms with Gasteiger partial charge in [-0.15, -0.1) is 11.8 Å². The van der Waals surface area contributed by atoms with E-state index in [4.69, 9.17) is 0 Å². The van der Waals surface area contributed by atoms with Gasteiger partial charge in [-0.2, -0.15) is 0 Å². The summed E-state index contributed by atoms with van der Waals surface area (Å²) in [7, 11) is 0. The monoisotopic (exact) mass is 419 g/mol. The van der Waals surface area contributed by atoms with Gasteiger partial charge < -0.3 is 5.32 Å². The van der Waals surface area contributed by atoms with E-state index in [1.165, 1.54) is 0 Å². The van der Waals surface area contributed by atoms with Crippen LogP contribution in [0.2, 0.25) is 0 Å². The topological polar surface area (TPSA) is 29.1 Å². The molecular weight excluding hydrogens is 406 g/mol. The van der Waals surface area contributed by atoms with Crippen LogP contribution in [0.25, 0.3) is 5.70 Å². The molecule has 0 saturated carbocycles. The second-order valence-corrected chi connectivity index (χ2v) is 8.31. The minimum absolute atomic E-state index is 0.0726. The van der Waals surface area contributed by atoms with E-state index in [2.05, 4.69) is 39.4 Å². The fraction of sp³-hybridized carbons (Fsp3) is 0.0455. The molecular formula is C22H14BrNOS. The van der Waals surface area contributed by atoms with Crippen molar-refractivity contribution in [2.45, 2.75) is 10.1 Å². The van der Waals surface area contributed by atoms with Gasteiger partial charge in [-0.1, -0.05) is 70.5 Å². The quantitative estimate of drug-likeness (QED) is 0.500. The lowest BCUT2D eigenvalue weighted by Gasteiger charge is -2.18. The molecule has 0 unspecified atom stereocenters. The number of benzene rings is 3. The predicted octanol–water partition coefficient (Wildman–Crippen LogP) is 6.32. The van der Waals surface area contributed by atoms with Crippen molar-refractivity contribution in [1.29, 1.82) is 0 Å². The number of rotatable bonds is 1. The van der Waals surface area contributed by atoms with Crippen LogP contribution in [0.3, 0.4) is 0 Å². The third-order valence-corrected chi connectivity index (χ3v) is 6.85. The van der Waals surface area contributed by atoms with Crippen molar-refractivity contribution in [1.82, 2.24) is 0 Å². The maximum atomic E-state index is 13.3. The molecule has 0 fully saturated rings. The molecule has 1 atom stereocenters. The van der Waals surface area contributed by atoms with Crippen molar-refractivity contribution in [2.75, 3.05) is 5.32 Å². The van der Waals surface area contributed by atoms with Gasteiger partial charge in [-0.3, -0.25) is 4.79 Å². The molecule has 1 heterocycles. The Morgan fingerprint density at radius 1 is 0.846 bits per heavy atom. The first-order valence-corrected chi connectivity index (χ1v) is 10.1. The third-order valence-electron chi connectivity index (χ3n) is 4.80. The second-order valence-electron chi connectivity index (χ2n) is 6.30. The molecule has 0 radical (unpaired) electrons. The Kier molecular flexibility index (Phi) is 3.76. The van der Waals surface area contributed by atoms with E-state index < -0.39 is 0 Å². The van der Waals surface area contributed by atoms with Gasteiger partial charge in [-0.05, 0) is 23.8 Å². The van der Waals surface area contributed by atoms with Crippen molar-refractivity contribution in [3.63, 3.8) is 0 Å². The predicted molar refractivity (Wildman–Crippen MR) is 110 cm³/mol. The average molecular weight is 420 g/mol. The number of fused-ring (bicyclic) bond motifs is 3. The fourth-order valence-corrected chi connectivity index (χ4v) is 5.59. The second kappa shape index (κ2) is 6.15. The summed E-state index contributed by atoms with van der Waals surface area (Å²) in [6.45, 7) is 0. The summed E-state index contributed by atoms with van der Waals surface area (Å²) in [6.07, 6.45) is 0. The SMILES string of the molecule is O=C1C2=C(Nc3ccccc3S[C@@H]2c2ccccc2Br)c2ccccc21. The summed E-state index contributed by atoms with van der Waals surface area (Å²) in [5.41, 5.74) is 5.70. The molecule has 2 aliphatic rings. The average Bonchev–Trinajstić information content (AvgIpc) is 2.84. The van der Waals surface area contributed by atoms with E-state index in [0.717, 1.165) is 43.0 Å². The van der Waals surface area contributed by atoms with Crippen LogP contribution < -0.4 is 5.32 Å². The lowest BCUT2D eigenvalue weighted by molar-refractivity contribution is 0.103. The molecule has 126 valence electrons. The molecule has 1 aliphatic carbocycles. The van der Waals surface area contributed by atoms with Gasteiger partial charge in [0.15, 0.2) is 5.78 Å². The Labute approximate surface area is 164 Å². The molecule has 0 amide bonds. The molecule has 0 bridgehead atoms. The lowest BCUT2D eigenvalue weighted by atomic mass is 10.0. The first-order chi connectivity index (χ1) is 12.7. The van der Waals surface area contributed by atoms with E-state index in [1.807, 2.05) is 54.6 Å². The Balaban J connectivity index is 1.78. The van der Waals surface area contributed by atoms with Crippen LogP contribution in [0, 0.1) is 0 Å². The summed E-state index contributed by atoms with van der Waals surface area (Å²) in [6, 6.07) is 24.3.